The van der Waals surface area contributed by atoms with Gasteiger partial charge in [-0.2, -0.15) is 0 Å². The largest absolute Gasteiger partial charge is 0.356 e. The fraction of sp³-hybridized carbons (Fsp3) is 0.625. The van der Waals surface area contributed by atoms with Gasteiger partial charge < -0.3 is 14.8 Å². The van der Waals surface area contributed by atoms with Gasteiger partial charge in [-0.25, -0.2) is 4.98 Å². The zero-order valence-corrected chi connectivity index (χ0v) is 17.9. The molecule has 2 aliphatic rings. The van der Waals surface area contributed by atoms with Crippen LogP contribution in [0.25, 0.3) is 11.0 Å². The summed E-state index contributed by atoms with van der Waals surface area (Å²) < 4.78 is 2.12. The number of hydrogen-bond donors (Lipinski definition) is 1. The number of unbranched alkanes of at least 4 members (excludes halogenated alkanes) is 2. The summed E-state index contributed by atoms with van der Waals surface area (Å²) in [6.07, 6.45) is 10.7. The maximum atomic E-state index is 13.0. The van der Waals surface area contributed by atoms with Gasteiger partial charge in [-0.3, -0.25) is 9.59 Å². The van der Waals surface area contributed by atoms with E-state index in [4.69, 9.17) is 4.98 Å². The van der Waals surface area contributed by atoms with Crippen LogP contribution in [0.15, 0.2) is 24.3 Å². The second-order valence-corrected chi connectivity index (χ2v) is 8.77. The lowest BCUT2D eigenvalue weighted by molar-refractivity contribution is -0.131. The lowest BCUT2D eigenvalue weighted by Gasteiger charge is -2.21. The van der Waals surface area contributed by atoms with Crippen LogP contribution in [0.5, 0.6) is 0 Å². The summed E-state index contributed by atoms with van der Waals surface area (Å²) in [6, 6.07) is 8.11. The molecule has 2 heterocycles. The number of nitrogens with one attached hydrogen (secondary N) is 1. The third-order valence-corrected chi connectivity index (χ3v) is 6.31. The van der Waals surface area contributed by atoms with Gasteiger partial charge in [0.15, 0.2) is 0 Å². The molecular formula is C24H34N4O2. The van der Waals surface area contributed by atoms with Crippen molar-refractivity contribution in [3.8, 4) is 0 Å². The molecule has 0 atom stereocenters. The van der Waals surface area contributed by atoms with E-state index in [9.17, 15) is 9.59 Å². The molecule has 0 bridgehead atoms. The predicted molar refractivity (Wildman–Crippen MR) is 118 cm³/mol. The number of likely N-dealkylation sites (tertiary alicyclic amines) is 1. The molecule has 0 unspecified atom stereocenters. The number of aromatic nitrogens is 2. The zero-order valence-electron chi connectivity index (χ0n) is 17.9. The number of carbonyl (C=O) groups is 2. The molecule has 2 aromatic rings. The minimum absolute atomic E-state index is 0.212. The molecule has 0 spiro atoms. The van der Waals surface area contributed by atoms with Crippen LogP contribution < -0.4 is 5.32 Å². The molecule has 2 amide bonds. The van der Waals surface area contributed by atoms with E-state index >= 15 is 0 Å². The number of para-hydroxylation sites is 2. The normalized spacial score (nSPS) is 17.1. The number of hydrogen-bond acceptors (Lipinski definition) is 3. The Labute approximate surface area is 179 Å². The number of rotatable bonds is 9. The van der Waals surface area contributed by atoms with Gasteiger partial charge in [-0.1, -0.05) is 31.4 Å². The molecular weight excluding hydrogens is 376 g/mol. The van der Waals surface area contributed by atoms with Crippen LogP contribution in [0, 0.1) is 5.92 Å². The van der Waals surface area contributed by atoms with E-state index in [0.29, 0.717) is 6.54 Å². The fourth-order valence-corrected chi connectivity index (χ4v) is 4.33. The van der Waals surface area contributed by atoms with Gasteiger partial charge in [-0.15, -0.1) is 0 Å². The summed E-state index contributed by atoms with van der Waals surface area (Å²) in [5.41, 5.74) is 2.01. The van der Waals surface area contributed by atoms with E-state index < -0.39 is 0 Å². The molecule has 1 aromatic carbocycles. The summed E-state index contributed by atoms with van der Waals surface area (Å²) in [5, 5.41) is 3.03. The molecule has 0 radical (unpaired) electrons. The molecule has 6 nitrogen and oxygen atoms in total. The summed E-state index contributed by atoms with van der Waals surface area (Å²) in [7, 11) is 0. The van der Waals surface area contributed by atoms with Gasteiger partial charge in [0, 0.05) is 32.0 Å². The van der Waals surface area contributed by atoms with Crippen LogP contribution in [-0.2, 0) is 22.6 Å². The van der Waals surface area contributed by atoms with E-state index in [1.807, 2.05) is 23.1 Å². The second-order valence-electron chi connectivity index (χ2n) is 8.77. The number of benzene rings is 1. The Bertz CT molecular complexity index is 863. The van der Waals surface area contributed by atoms with Gasteiger partial charge in [0.1, 0.15) is 12.4 Å². The van der Waals surface area contributed by atoms with Crippen LogP contribution in [0.3, 0.4) is 0 Å². The maximum Gasteiger partial charge on any atom is 0.242 e. The molecule has 1 aliphatic carbocycles. The first-order valence-corrected chi connectivity index (χ1v) is 11.7. The van der Waals surface area contributed by atoms with Crippen LogP contribution in [0.2, 0.25) is 0 Å². The van der Waals surface area contributed by atoms with E-state index in [1.165, 1.54) is 12.8 Å². The second kappa shape index (κ2) is 10.1. The molecule has 1 aliphatic heterocycles. The monoisotopic (exact) mass is 410 g/mol. The highest BCUT2D eigenvalue weighted by molar-refractivity contribution is 5.81. The van der Waals surface area contributed by atoms with Crippen molar-refractivity contribution in [1.29, 1.82) is 0 Å². The zero-order chi connectivity index (χ0) is 20.8. The Kier molecular flexibility index (Phi) is 7.03. The van der Waals surface area contributed by atoms with Crippen molar-refractivity contribution in [3.05, 3.63) is 30.1 Å². The Balaban J connectivity index is 1.33. The van der Waals surface area contributed by atoms with Crippen molar-refractivity contribution in [2.45, 2.75) is 70.8 Å². The van der Waals surface area contributed by atoms with Crippen LogP contribution in [0.4, 0.5) is 0 Å². The molecule has 4 rings (SSSR count). The molecule has 1 saturated carbocycles. The van der Waals surface area contributed by atoms with Crippen LogP contribution in [-0.4, -0.2) is 45.9 Å². The average Bonchev–Trinajstić information content (AvgIpc) is 3.58. The molecule has 2 fully saturated rings. The van der Waals surface area contributed by atoms with Gasteiger partial charge in [-0.05, 0) is 50.7 Å². The van der Waals surface area contributed by atoms with E-state index in [0.717, 1.165) is 87.9 Å². The Morgan fingerprint density at radius 2 is 1.77 bits per heavy atom. The van der Waals surface area contributed by atoms with Crippen LogP contribution in [0.1, 0.15) is 63.6 Å². The van der Waals surface area contributed by atoms with Gasteiger partial charge >= 0.3 is 0 Å². The minimum Gasteiger partial charge on any atom is -0.356 e. The molecule has 1 saturated heterocycles. The summed E-state index contributed by atoms with van der Waals surface area (Å²) in [5.74, 6) is 1.72. The number of aryl methyl sites for hydroxylation is 1. The first-order chi connectivity index (χ1) is 14.7. The lowest BCUT2D eigenvalue weighted by atomic mass is 10.2. The number of nitrogens with zero attached hydrogens (tertiary/aromatic N) is 3. The molecule has 1 aromatic heterocycles. The summed E-state index contributed by atoms with van der Waals surface area (Å²) in [6.45, 7) is 2.91. The van der Waals surface area contributed by atoms with Crippen molar-refractivity contribution < 1.29 is 9.59 Å². The van der Waals surface area contributed by atoms with Gasteiger partial charge in [0.2, 0.25) is 11.8 Å². The molecule has 162 valence electrons. The van der Waals surface area contributed by atoms with Gasteiger partial charge in [0.25, 0.3) is 0 Å². The quantitative estimate of drug-likeness (QED) is 0.641. The van der Waals surface area contributed by atoms with Crippen molar-refractivity contribution in [2.24, 2.45) is 5.92 Å². The third kappa shape index (κ3) is 5.41. The number of amides is 2. The molecule has 6 heteroatoms. The van der Waals surface area contributed by atoms with E-state index in [-0.39, 0.29) is 17.7 Å². The van der Waals surface area contributed by atoms with Crippen molar-refractivity contribution >= 4 is 22.8 Å². The fourth-order valence-electron chi connectivity index (χ4n) is 4.33. The number of carbonyl (C=O) groups excluding carboxylic acids is 2. The molecule has 30 heavy (non-hydrogen) atoms. The topological polar surface area (TPSA) is 67.2 Å². The minimum atomic E-state index is 0.212. The predicted octanol–water partition coefficient (Wildman–Crippen LogP) is 3.68. The van der Waals surface area contributed by atoms with Crippen molar-refractivity contribution in [3.63, 3.8) is 0 Å². The molecule has 1 N–H and O–H groups in total. The summed E-state index contributed by atoms with van der Waals surface area (Å²) in [4.78, 5) is 31.6. The highest BCUT2D eigenvalue weighted by Crippen LogP contribution is 2.28. The first kappa shape index (κ1) is 20.9. The van der Waals surface area contributed by atoms with Crippen LogP contribution >= 0.6 is 0 Å². The maximum absolute atomic E-state index is 13.0. The van der Waals surface area contributed by atoms with E-state index in [1.54, 1.807) is 0 Å². The standard InChI is InChI=1S/C24H34N4O2/c29-23(27-16-8-1-2-9-17-27)18-28-21-11-6-5-10-20(21)26-22(28)12-4-3-7-15-25-24(30)19-13-14-19/h5-6,10-11,19H,1-4,7-9,12-18H2,(H,25,30). The SMILES string of the molecule is O=C(NCCCCCc1nc2ccccc2n1CC(=O)N1CCCCCC1)C1CC1. The highest BCUT2D eigenvalue weighted by atomic mass is 16.2. The Morgan fingerprint density at radius 3 is 2.53 bits per heavy atom. The Morgan fingerprint density at radius 1 is 1.00 bits per heavy atom. The average molecular weight is 411 g/mol. The van der Waals surface area contributed by atoms with Gasteiger partial charge in [0.05, 0.1) is 11.0 Å². The Hall–Kier alpha value is -2.37. The first-order valence-electron chi connectivity index (χ1n) is 11.7. The number of fused-ring (bicyclic) bond motifs is 1. The smallest absolute Gasteiger partial charge is 0.242 e. The third-order valence-electron chi connectivity index (χ3n) is 6.31. The van der Waals surface area contributed by atoms with E-state index in [2.05, 4.69) is 16.0 Å². The van der Waals surface area contributed by atoms with Crippen molar-refractivity contribution in [1.82, 2.24) is 19.8 Å². The lowest BCUT2D eigenvalue weighted by Crippen LogP contribution is -2.34. The number of imidazole rings is 1. The van der Waals surface area contributed by atoms with Crippen molar-refractivity contribution in [2.75, 3.05) is 19.6 Å². The summed E-state index contributed by atoms with van der Waals surface area (Å²) >= 11 is 0. The highest BCUT2D eigenvalue weighted by Gasteiger charge is 2.28.